The van der Waals surface area contributed by atoms with Gasteiger partial charge < -0.3 is 4.57 Å². The van der Waals surface area contributed by atoms with Gasteiger partial charge in [-0.15, -0.1) is 18.3 Å². The van der Waals surface area contributed by atoms with E-state index in [0.717, 1.165) is 40.2 Å². The second kappa shape index (κ2) is 7.58. The first-order valence-corrected chi connectivity index (χ1v) is 9.34. The molecule has 0 radical (unpaired) electrons. The van der Waals surface area contributed by atoms with Crippen molar-refractivity contribution in [1.82, 2.24) is 9.55 Å². The van der Waals surface area contributed by atoms with Crippen LogP contribution in [0.5, 0.6) is 0 Å². The van der Waals surface area contributed by atoms with E-state index in [9.17, 15) is 13.2 Å². The highest BCUT2D eigenvalue weighted by Crippen LogP contribution is 2.33. The number of nitrogens with zero attached hydrogens (tertiary/aromatic N) is 2. The van der Waals surface area contributed by atoms with Crippen LogP contribution in [0.1, 0.15) is 18.9 Å². The first-order chi connectivity index (χ1) is 12.4. The Kier molecular flexibility index (Phi) is 5.41. The van der Waals surface area contributed by atoms with Crippen molar-refractivity contribution in [3.05, 3.63) is 60.7 Å². The van der Waals surface area contributed by atoms with Crippen LogP contribution in [-0.2, 0) is 12.7 Å². The molecule has 0 saturated carbocycles. The summed E-state index contributed by atoms with van der Waals surface area (Å²) in [6, 6.07) is 11.3. The summed E-state index contributed by atoms with van der Waals surface area (Å²) in [6.45, 7) is 6.37. The van der Waals surface area contributed by atoms with E-state index in [1.165, 1.54) is 6.07 Å². The van der Waals surface area contributed by atoms with Crippen LogP contribution in [0.25, 0.3) is 22.4 Å². The predicted molar refractivity (Wildman–Crippen MR) is 101 cm³/mol. The van der Waals surface area contributed by atoms with Gasteiger partial charge in [0.05, 0.1) is 16.6 Å². The predicted octanol–water partition coefficient (Wildman–Crippen LogP) is 6.41. The average Bonchev–Trinajstić information content (AvgIpc) is 2.98. The van der Waals surface area contributed by atoms with Gasteiger partial charge in [0, 0.05) is 17.0 Å². The molecule has 0 aliphatic carbocycles. The minimum absolute atomic E-state index is 0.445. The monoisotopic (exact) mass is 376 g/mol. The summed E-state index contributed by atoms with van der Waals surface area (Å²) in [5.41, 5.74) is 1.44. The smallest absolute Gasteiger partial charge is 0.320 e. The SMILES string of the molecule is C=CCn1c(-c2cccc(C(F)(F)F)c2)nc2ccc(SCCC)cc21. The fourth-order valence-electron chi connectivity index (χ4n) is 2.78. The van der Waals surface area contributed by atoms with Gasteiger partial charge in [-0.25, -0.2) is 4.98 Å². The molecule has 0 aliphatic rings. The Morgan fingerprint density at radius 3 is 2.69 bits per heavy atom. The van der Waals surface area contributed by atoms with Crippen LogP contribution in [0.2, 0.25) is 0 Å². The Morgan fingerprint density at radius 1 is 1.19 bits per heavy atom. The number of allylic oxidation sites excluding steroid dienone is 1. The molecule has 0 aliphatic heterocycles. The highest BCUT2D eigenvalue weighted by molar-refractivity contribution is 7.99. The van der Waals surface area contributed by atoms with Crippen molar-refractivity contribution in [3.63, 3.8) is 0 Å². The second-order valence-corrected chi connectivity index (χ2v) is 7.08. The lowest BCUT2D eigenvalue weighted by molar-refractivity contribution is -0.137. The van der Waals surface area contributed by atoms with Crippen LogP contribution in [0.4, 0.5) is 13.2 Å². The number of aromatic nitrogens is 2. The Hall–Kier alpha value is -2.21. The average molecular weight is 376 g/mol. The van der Waals surface area contributed by atoms with E-state index in [4.69, 9.17) is 0 Å². The summed E-state index contributed by atoms with van der Waals surface area (Å²) < 4.78 is 41.1. The van der Waals surface area contributed by atoms with Gasteiger partial charge in [-0.05, 0) is 42.5 Å². The molecule has 26 heavy (non-hydrogen) atoms. The first-order valence-electron chi connectivity index (χ1n) is 8.35. The van der Waals surface area contributed by atoms with E-state index in [-0.39, 0.29) is 0 Å². The summed E-state index contributed by atoms with van der Waals surface area (Å²) in [6.07, 6.45) is -1.58. The maximum absolute atomic E-state index is 13.1. The summed E-state index contributed by atoms with van der Waals surface area (Å²) >= 11 is 1.76. The third kappa shape index (κ3) is 3.80. The van der Waals surface area contributed by atoms with Crippen molar-refractivity contribution in [2.24, 2.45) is 0 Å². The Bertz CT molecular complexity index is 928. The first kappa shape index (κ1) is 18.6. The number of rotatable bonds is 6. The number of hydrogen-bond acceptors (Lipinski definition) is 2. The zero-order valence-electron chi connectivity index (χ0n) is 14.4. The number of thioether (sulfide) groups is 1. The third-order valence-corrected chi connectivity index (χ3v) is 5.15. The number of halogens is 3. The highest BCUT2D eigenvalue weighted by atomic mass is 32.2. The molecule has 0 spiro atoms. The lowest BCUT2D eigenvalue weighted by Gasteiger charge is -2.10. The zero-order valence-corrected chi connectivity index (χ0v) is 15.2. The van der Waals surface area contributed by atoms with Crippen molar-refractivity contribution >= 4 is 22.8 Å². The molecule has 0 N–H and O–H groups in total. The molecular weight excluding hydrogens is 357 g/mol. The topological polar surface area (TPSA) is 17.8 Å². The quantitative estimate of drug-likeness (QED) is 0.365. The van der Waals surface area contributed by atoms with Crippen molar-refractivity contribution < 1.29 is 13.2 Å². The van der Waals surface area contributed by atoms with Gasteiger partial charge in [0.15, 0.2) is 0 Å². The summed E-state index contributed by atoms with van der Waals surface area (Å²) in [7, 11) is 0. The molecule has 6 heteroatoms. The van der Waals surface area contributed by atoms with Gasteiger partial charge in [-0.1, -0.05) is 25.1 Å². The lowest BCUT2D eigenvalue weighted by atomic mass is 10.1. The molecule has 0 fully saturated rings. The van der Waals surface area contributed by atoms with Gasteiger partial charge in [0.2, 0.25) is 0 Å². The lowest BCUT2D eigenvalue weighted by Crippen LogP contribution is -2.05. The van der Waals surface area contributed by atoms with E-state index in [1.807, 2.05) is 22.8 Å². The van der Waals surface area contributed by atoms with E-state index < -0.39 is 11.7 Å². The Balaban J connectivity index is 2.13. The largest absolute Gasteiger partial charge is 0.416 e. The van der Waals surface area contributed by atoms with Crippen molar-refractivity contribution in [2.75, 3.05) is 5.75 Å². The second-order valence-electron chi connectivity index (χ2n) is 5.91. The Morgan fingerprint density at radius 2 is 2.00 bits per heavy atom. The van der Waals surface area contributed by atoms with Gasteiger partial charge >= 0.3 is 6.18 Å². The van der Waals surface area contributed by atoms with Crippen LogP contribution in [0.3, 0.4) is 0 Å². The van der Waals surface area contributed by atoms with E-state index in [2.05, 4.69) is 18.5 Å². The van der Waals surface area contributed by atoms with Gasteiger partial charge in [0.1, 0.15) is 5.82 Å². The molecule has 0 bridgehead atoms. The molecule has 1 aromatic heterocycles. The van der Waals surface area contributed by atoms with Crippen LogP contribution in [0.15, 0.2) is 60.0 Å². The third-order valence-electron chi connectivity index (χ3n) is 3.95. The van der Waals surface area contributed by atoms with E-state index in [0.29, 0.717) is 17.9 Å². The fraction of sp³-hybridized carbons (Fsp3) is 0.250. The van der Waals surface area contributed by atoms with Crippen LogP contribution in [-0.4, -0.2) is 15.3 Å². The fourth-order valence-corrected chi connectivity index (χ4v) is 3.58. The highest BCUT2D eigenvalue weighted by Gasteiger charge is 2.30. The standard InChI is InChI=1S/C20H19F3N2S/c1-3-10-25-18-13-16(26-11-4-2)8-9-17(18)24-19(25)14-6-5-7-15(12-14)20(21,22)23/h3,5-9,12-13H,1,4,10-11H2,2H3. The van der Waals surface area contributed by atoms with Crippen LogP contribution < -0.4 is 0 Å². The Labute approximate surface area is 154 Å². The summed E-state index contributed by atoms with van der Waals surface area (Å²) in [4.78, 5) is 5.71. The van der Waals surface area contributed by atoms with Gasteiger partial charge in [-0.3, -0.25) is 0 Å². The summed E-state index contributed by atoms with van der Waals surface area (Å²) in [5, 5.41) is 0. The summed E-state index contributed by atoms with van der Waals surface area (Å²) in [5.74, 6) is 1.53. The molecule has 3 aromatic rings. The molecule has 136 valence electrons. The number of alkyl halides is 3. The van der Waals surface area contributed by atoms with Crippen molar-refractivity contribution in [2.45, 2.75) is 31.0 Å². The maximum atomic E-state index is 13.1. The minimum Gasteiger partial charge on any atom is -0.320 e. The van der Waals surface area contributed by atoms with Crippen molar-refractivity contribution in [3.8, 4) is 11.4 Å². The molecule has 0 amide bonds. The molecule has 2 aromatic carbocycles. The molecular formula is C20H19F3N2S. The van der Waals surface area contributed by atoms with E-state index in [1.54, 1.807) is 23.9 Å². The molecule has 2 nitrogen and oxygen atoms in total. The minimum atomic E-state index is -4.38. The number of fused-ring (bicyclic) bond motifs is 1. The van der Waals surface area contributed by atoms with Gasteiger partial charge in [0.25, 0.3) is 0 Å². The number of benzene rings is 2. The molecule has 0 unspecified atom stereocenters. The zero-order chi connectivity index (χ0) is 18.7. The van der Waals surface area contributed by atoms with Crippen LogP contribution >= 0.6 is 11.8 Å². The molecule has 0 atom stereocenters. The van der Waals surface area contributed by atoms with Gasteiger partial charge in [-0.2, -0.15) is 13.2 Å². The number of imidazole rings is 1. The van der Waals surface area contributed by atoms with Crippen LogP contribution in [0, 0.1) is 0 Å². The van der Waals surface area contributed by atoms with E-state index >= 15 is 0 Å². The normalized spacial score (nSPS) is 11.8. The molecule has 0 saturated heterocycles. The molecule has 3 rings (SSSR count). The van der Waals surface area contributed by atoms with Crippen molar-refractivity contribution in [1.29, 1.82) is 0 Å². The number of hydrogen-bond donors (Lipinski definition) is 0. The maximum Gasteiger partial charge on any atom is 0.416 e. The molecule has 1 heterocycles.